The van der Waals surface area contributed by atoms with Gasteiger partial charge in [0.25, 0.3) is 0 Å². The standard InChI is InChI=1S/C15H14N8/c1-9-3-2-4-13(18-9)23-8-10(7-17-23)5-11-6-12(16)19-15-14(11)20-22-21-15/h2-4,6-8H,5H2,1H3,(H3,16,19,20,21,22). The molecule has 3 N–H and O–H groups in total. The number of H-pyrrole nitrogens is 1. The highest BCUT2D eigenvalue weighted by Crippen LogP contribution is 2.19. The van der Waals surface area contributed by atoms with E-state index in [0.29, 0.717) is 17.9 Å². The van der Waals surface area contributed by atoms with Crippen molar-refractivity contribution < 1.29 is 0 Å². The Morgan fingerprint density at radius 1 is 1.22 bits per heavy atom. The van der Waals surface area contributed by atoms with Crippen molar-refractivity contribution in [1.29, 1.82) is 0 Å². The molecule has 8 heteroatoms. The maximum atomic E-state index is 5.83. The van der Waals surface area contributed by atoms with E-state index in [4.69, 9.17) is 5.73 Å². The van der Waals surface area contributed by atoms with E-state index in [-0.39, 0.29) is 0 Å². The molecule has 0 spiro atoms. The lowest BCUT2D eigenvalue weighted by Crippen LogP contribution is -1.98. The number of anilines is 1. The Morgan fingerprint density at radius 3 is 3.00 bits per heavy atom. The van der Waals surface area contributed by atoms with E-state index in [0.717, 1.165) is 28.2 Å². The average molecular weight is 306 g/mol. The molecule has 0 atom stereocenters. The van der Waals surface area contributed by atoms with E-state index in [1.807, 2.05) is 43.6 Å². The van der Waals surface area contributed by atoms with Gasteiger partial charge in [-0.3, -0.25) is 0 Å². The van der Waals surface area contributed by atoms with Gasteiger partial charge in [0, 0.05) is 18.3 Å². The molecule has 4 heterocycles. The molecular weight excluding hydrogens is 292 g/mol. The first-order valence-corrected chi connectivity index (χ1v) is 7.12. The summed E-state index contributed by atoms with van der Waals surface area (Å²) in [6, 6.07) is 7.65. The van der Waals surface area contributed by atoms with Gasteiger partial charge in [0.05, 0.1) is 6.20 Å². The van der Waals surface area contributed by atoms with E-state index in [2.05, 4.69) is 30.5 Å². The fraction of sp³-hybridized carbons (Fsp3) is 0.133. The fourth-order valence-electron chi connectivity index (χ4n) is 2.51. The van der Waals surface area contributed by atoms with E-state index in [1.165, 1.54) is 0 Å². The number of aryl methyl sites for hydroxylation is 1. The SMILES string of the molecule is Cc1cccc(-n2cc(Cc3cc(N)nc4n[nH]nc34)cn2)n1. The fourth-order valence-corrected chi connectivity index (χ4v) is 2.51. The Hall–Kier alpha value is -3.29. The highest BCUT2D eigenvalue weighted by atomic mass is 15.3. The first-order chi connectivity index (χ1) is 11.2. The molecule has 0 saturated carbocycles. The average Bonchev–Trinajstić information content (AvgIpc) is 3.16. The first-order valence-electron chi connectivity index (χ1n) is 7.12. The monoisotopic (exact) mass is 306 g/mol. The molecule has 0 aliphatic carbocycles. The third-order valence-electron chi connectivity index (χ3n) is 3.53. The number of aromatic amines is 1. The molecule has 23 heavy (non-hydrogen) atoms. The number of fused-ring (bicyclic) bond motifs is 1. The van der Waals surface area contributed by atoms with Gasteiger partial charge in [0.2, 0.25) is 5.65 Å². The smallest absolute Gasteiger partial charge is 0.203 e. The Balaban J connectivity index is 1.68. The van der Waals surface area contributed by atoms with Crippen molar-refractivity contribution in [1.82, 2.24) is 35.2 Å². The van der Waals surface area contributed by atoms with Gasteiger partial charge in [-0.1, -0.05) is 6.07 Å². The van der Waals surface area contributed by atoms with Crippen LogP contribution in [0.5, 0.6) is 0 Å². The minimum atomic E-state index is 0.425. The number of nitrogens with two attached hydrogens (primary N) is 1. The van der Waals surface area contributed by atoms with Crippen molar-refractivity contribution in [2.75, 3.05) is 5.73 Å². The molecule has 4 rings (SSSR count). The van der Waals surface area contributed by atoms with Crippen LogP contribution in [0, 0.1) is 6.92 Å². The second-order valence-electron chi connectivity index (χ2n) is 5.31. The van der Waals surface area contributed by atoms with Crippen LogP contribution in [0.3, 0.4) is 0 Å². The molecule has 0 bridgehead atoms. The summed E-state index contributed by atoms with van der Waals surface area (Å²) >= 11 is 0. The zero-order chi connectivity index (χ0) is 15.8. The number of rotatable bonds is 3. The lowest BCUT2D eigenvalue weighted by Gasteiger charge is -2.02. The number of hydrogen-bond donors (Lipinski definition) is 2. The largest absolute Gasteiger partial charge is 0.384 e. The van der Waals surface area contributed by atoms with Crippen LogP contribution in [0.25, 0.3) is 17.0 Å². The number of hydrogen-bond acceptors (Lipinski definition) is 6. The Morgan fingerprint density at radius 2 is 2.13 bits per heavy atom. The molecule has 0 aliphatic rings. The van der Waals surface area contributed by atoms with Crippen molar-refractivity contribution in [3.63, 3.8) is 0 Å². The molecule has 8 nitrogen and oxygen atoms in total. The van der Waals surface area contributed by atoms with Crippen LogP contribution in [0.15, 0.2) is 36.7 Å². The van der Waals surface area contributed by atoms with Crippen molar-refractivity contribution in [3.05, 3.63) is 53.5 Å². The Labute approximate surface area is 131 Å². The molecule has 0 unspecified atom stereocenters. The van der Waals surface area contributed by atoms with Crippen LogP contribution in [-0.2, 0) is 6.42 Å². The minimum absolute atomic E-state index is 0.425. The highest BCUT2D eigenvalue weighted by molar-refractivity contribution is 5.76. The van der Waals surface area contributed by atoms with Crippen LogP contribution in [0.4, 0.5) is 5.82 Å². The first kappa shape index (κ1) is 13.4. The van der Waals surface area contributed by atoms with Gasteiger partial charge < -0.3 is 5.73 Å². The maximum absolute atomic E-state index is 5.83. The van der Waals surface area contributed by atoms with E-state index >= 15 is 0 Å². The summed E-state index contributed by atoms with van der Waals surface area (Å²) in [4.78, 5) is 8.61. The Kier molecular flexibility index (Phi) is 3.00. The van der Waals surface area contributed by atoms with Crippen LogP contribution in [0.2, 0.25) is 0 Å². The number of pyridine rings is 2. The summed E-state index contributed by atoms with van der Waals surface area (Å²) in [5, 5.41) is 15.1. The molecule has 4 aromatic rings. The molecule has 0 fully saturated rings. The van der Waals surface area contributed by atoms with Gasteiger partial charge >= 0.3 is 0 Å². The van der Waals surface area contributed by atoms with Crippen LogP contribution in [-0.4, -0.2) is 35.2 Å². The molecule has 0 saturated heterocycles. The predicted molar refractivity (Wildman–Crippen MR) is 85.0 cm³/mol. The summed E-state index contributed by atoms with van der Waals surface area (Å²) in [6.45, 7) is 1.95. The summed E-state index contributed by atoms with van der Waals surface area (Å²) < 4.78 is 1.76. The van der Waals surface area contributed by atoms with Crippen molar-refractivity contribution in [2.45, 2.75) is 13.3 Å². The lowest BCUT2D eigenvalue weighted by atomic mass is 10.1. The molecule has 0 radical (unpaired) electrons. The second-order valence-corrected chi connectivity index (χ2v) is 5.31. The lowest BCUT2D eigenvalue weighted by molar-refractivity contribution is 0.840. The number of nitrogens with one attached hydrogen (secondary N) is 1. The third kappa shape index (κ3) is 2.50. The van der Waals surface area contributed by atoms with Gasteiger partial charge in [-0.25, -0.2) is 14.6 Å². The highest BCUT2D eigenvalue weighted by Gasteiger charge is 2.11. The number of nitrogens with zero attached hydrogens (tertiary/aromatic N) is 6. The summed E-state index contributed by atoms with van der Waals surface area (Å²) in [6.07, 6.45) is 4.40. The normalized spacial score (nSPS) is 11.2. The summed E-state index contributed by atoms with van der Waals surface area (Å²) in [5.74, 6) is 1.21. The third-order valence-corrected chi connectivity index (χ3v) is 3.53. The second kappa shape index (κ2) is 5.16. The zero-order valence-corrected chi connectivity index (χ0v) is 12.4. The summed E-state index contributed by atoms with van der Waals surface area (Å²) in [5.41, 5.74) is 10.0. The molecule has 0 aromatic carbocycles. The quantitative estimate of drug-likeness (QED) is 0.592. The summed E-state index contributed by atoms with van der Waals surface area (Å²) in [7, 11) is 0. The van der Waals surface area contributed by atoms with E-state index in [1.54, 1.807) is 4.68 Å². The van der Waals surface area contributed by atoms with Crippen LogP contribution in [0.1, 0.15) is 16.8 Å². The topological polar surface area (TPSA) is 111 Å². The van der Waals surface area contributed by atoms with Gasteiger partial charge in [-0.15, -0.1) is 5.10 Å². The molecule has 0 amide bonds. The molecule has 0 aliphatic heterocycles. The zero-order valence-electron chi connectivity index (χ0n) is 12.4. The van der Waals surface area contributed by atoms with Crippen LogP contribution >= 0.6 is 0 Å². The minimum Gasteiger partial charge on any atom is -0.384 e. The van der Waals surface area contributed by atoms with Crippen molar-refractivity contribution in [3.8, 4) is 5.82 Å². The Bertz CT molecular complexity index is 984. The van der Waals surface area contributed by atoms with Gasteiger partial charge in [-0.2, -0.15) is 15.4 Å². The van der Waals surface area contributed by atoms with Gasteiger partial charge in [0.1, 0.15) is 11.3 Å². The van der Waals surface area contributed by atoms with Crippen molar-refractivity contribution in [2.24, 2.45) is 0 Å². The van der Waals surface area contributed by atoms with E-state index in [9.17, 15) is 0 Å². The van der Waals surface area contributed by atoms with E-state index < -0.39 is 0 Å². The number of nitrogen functional groups attached to an aromatic ring is 1. The molecular formula is C15H14N8. The maximum Gasteiger partial charge on any atom is 0.203 e. The van der Waals surface area contributed by atoms with Crippen LogP contribution < -0.4 is 5.73 Å². The molecule has 114 valence electrons. The molecule has 4 aromatic heterocycles. The van der Waals surface area contributed by atoms with Gasteiger partial charge in [-0.05, 0) is 36.2 Å². The van der Waals surface area contributed by atoms with Crippen molar-refractivity contribution >= 4 is 17.0 Å². The predicted octanol–water partition coefficient (Wildman–Crippen LogP) is 1.42. The van der Waals surface area contributed by atoms with Gasteiger partial charge in [0.15, 0.2) is 5.82 Å². The number of aromatic nitrogens is 7.